The van der Waals surface area contributed by atoms with Gasteiger partial charge in [-0.1, -0.05) is 13.0 Å². The molecule has 0 amide bonds. The maximum Gasteiger partial charge on any atom is 0.319 e. The molecule has 2 bridgehead atoms. The number of hydrogen-bond donors (Lipinski definition) is 2. The Morgan fingerprint density at radius 2 is 2.00 bits per heavy atom. The molecule has 0 unspecified atom stereocenters. The fourth-order valence-electron chi connectivity index (χ4n) is 8.93. The van der Waals surface area contributed by atoms with Crippen molar-refractivity contribution in [2.75, 3.05) is 37.7 Å². The first-order chi connectivity index (χ1) is 22.6. The maximum absolute atomic E-state index is 16.9. The predicted molar refractivity (Wildman–Crippen MR) is 169 cm³/mol. The number of benzene rings is 2. The molecular formula is C35H36F3N5O4. The van der Waals surface area contributed by atoms with Crippen molar-refractivity contribution in [3.05, 3.63) is 47.7 Å². The third-order valence-electron chi connectivity index (χ3n) is 11.0. The molecule has 4 aromatic rings. The molecule has 4 aliphatic rings. The van der Waals surface area contributed by atoms with Crippen molar-refractivity contribution >= 4 is 33.5 Å². The van der Waals surface area contributed by atoms with Gasteiger partial charge >= 0.3 is 12.0 Å². The number of rotatable bonds is 7. The van der Waals surface area contributed by atoms with E-state index in [2.05, 4.69) is 14.9 Å². The number of phenolic OH excluding ortho intramolecular Hbond substituents is 1. The molecule has 3 saturated heterocycles. The summed E-state index contributed by atoms with van der Waals surface area (Å²) in [6.45, 7) is 4.09. The molecule has 2 N–H and O–H groups in total. The van der Waals surface area contributed by atoms with Gasteiger partial charge in [-0.25, -0.2) is 13.2 Å². The molecular weight excluding hydrogens is 611 g/mol. The van der Waals surface area contributed by atoms with Gasteiger partial charge in [0.15, 0.2) is 5.82 Å². The standard InChI is InChI=1S/C35H36F3N5O4/c1-2-23-27(37)5-4-19-10-22(44)11-25(28(19)23)30-29(38)31-26(13-39-30)32(42-14-18-8-20(15-42)24(9-18)33(45)46)41-34(40-31)47-17-35-6-3-7-43(35)16-21(36)12-35/h4-5,10-11,13,18,20-21,24,44H,2-3,6-9,12,14-17H2,1H3,(H,45,46)/t18-,20-,21+,24+,35-/m0/s1. The van der Waals surface area contributed by atoms with E-state index >= 15 is 4.39 Å². The third-order valence-corrected chi connectivity index (χ3v) is 11.0. The van der Waals surface area contributed by atoms with Crippen LogP contribution in [0.3, 0.4) is 0 Å². The Balaban J connectivity index is 1.26. The number of aromatic hydroxyl groups is 1. The van der Waals surface area contributed by atoms with Gasteiger partial charge in [0.1, 0.15) is 41.4 Å². The Morgan fingerprint density at radius 3 is 2.81 bits per heavy atom. The number of phenols is 1. The van der Waals surface area contributed by atoms with Gasteiger partial charge < -0.3 is 19.8 Å². The van der Waals surface area contributed by atoms with Crippen molar-refractivity contribution in [1.82, 2.24) is 19.9 Å². The van der Waals surface area contributed by atoms with E-state index in [0.29, 0.717) is 66.4 Å². The number of pyridine rings is 1. The molecule has 246 valence electrons. The number of aliphatic carboxylic acids is 1. The number of carboxylic acids is 1. The second-order valence-electron chi connectivity index (χ2n) is 13.8. The van der Waals surface area contributed by atoms with E-state index in [4.69, 9.17) is 9.72 Å². The van der Waals surface area contributed by atoms with Crippen LogP contribution in [0.15, 0.2) is 30.5 Å². The molecule has 4 fully saturated rings. The molecule has 12 heteroatoms. The minimum Gasteiger partial charge on any atom is -0.508 e. The molecule has 2 aromatic heterocycles. The molecule has 1 saturated carbocycles. The summed E-state index contributed by atoms with van der Waals surface area (Å²) in [6.07, 6.45) is 4.33. The zero-order valence-corrected chi connectivity index (χ0v) is 26.1. The predicted octanol–water partition coefficient (Wildman–Crippen LogP) is 5.89. The first-order valence-electron chi connectivity index (χ1n) is 16.4. The number of aryl methyl sites for hydroxylation is 1. The van der Waals surface area contributed by atoms with Crippen molar-refractivity contribution in [2.45, 2.75) is 57.2 Å². The van der Waals surface area contributed by atoms with Gasteiger partial charge in [-0.3, -0.25) is 14.7 Å². The first-order valence-corrected chi connectivity index (χ1v) is 16.4. The van der Waals surface area contributed by atoms with Crippen LogP contribution in [0.1, 0.15) is 44.6 Å². The highest BCUT2D eigenvalue weighted by Crippen LogP contribution is 2.45. The van der Waals surface area contributed by atoms with Crippen LogP contribution in [0.4, 0.5) is 19.0 Å². The van der Waals surface area contributed by atoms with Gasteiger partial charge in [0, 0.05) is 37.8 Å². The highest BCUT2D eigenvalue weighted by atomic mass is 19.1. The zero-order chi connectivity index (χ0) is 32.6. The number of carboxylic acid groups (broad SMARTS) is 1. The Kier molecular flexibility index (Phi) is 7.19. The van der Waals surface area contributed by atoms with Crippen LogP contribution in [-0.2, 0) is 11.2 Å². The Hall–Kier alpha value is -4.19. The van der Waals surface area contributed by atoms with Gasteiger partial charge in [0.05, 0.1) is 16.8 Å². The molecule has 5 atom stereocenters. The Labute approximate surface area is 269 Å². The van der Waals surface area contributed by atoms with Crippen molar-refractivity contribution in [2.24, 2.45) is 17.8 Å². The van der Waals surface area contributed by atoms with Crippen LogP contribution in [0.25, 0.3) is 32.9 Å². The van der Waals surface area contributed by atoms with Crippen molar-refractivity contribution < 1.29 is 32.9 Å². The fourth-order valence-corrected chi connectivity index (χ4v) is 8.93. The topological polar surface area (TPSA) is 112 Å². The zero-order valence-electron chi connectivity index (χ0n) is 26.1. The normalized spacial score (nSPS) is 27.2. The van der Waals surface area contributed by atoms with Crippen LogP contribution in [0.5, 0.6) is 11.8 Å². The van der Waals surface area contributed by atoms with Crippen LogP contribution >= 0.6 is 0 Å². The minimum atomic E-state index is -0.945. The summed E-state index contributed by atoms with van der Waals surface area (Å²) in [5, 5.41) is 21.7. The summed E-state index contributed by atoms with van der Waals surface area (Å²) in [4.78, 5) is 29.9. The number of anilines is 1. The summed E-state index contributed by atoms with van der Waals surface area (Å²) >= 11 is 0. The van der Waals surface area contributed by atoms with Crippen molar-refractivity contribution in [3.8, 4) is 23.0 Å². The number of nitrogens with zero attached hydrogens (tertiary/aromatic N) is 5. The fraction of sp³-hybridized carbons (Fsp3) is 0.486. The molecule has 47 heavy (non-hydrogen) atoms. The third kappa shape index (κ3) is 4.94. The van der Waals surface area contributed by atoms with Crippen LogP contribution in [-0.4, -0.2) is 80.5 Å². The SMILES string of the molecule is CCc1c(F)ccc2cc(O)cc(-c3ncc4c(N5C[C@H]6C[C@@H](C5)[C@H](C(=O)O)C6)nc(OC[C@@]56CCCN5C[C@H](F)C6)nc4c3F)c12. The largest absolute Gasteiger partial charge is 0.508 e. The quantitative estimate of drug-likeness (QED) is 0.254. The lowest BCUT2D eigenvalue weighted by Crippen LogP contribution is -2.43. The summed E-state index contributed by atoms with van der Waals surface area (Å²) in [6, 6.07) is 5.71. The monoisotopic (exact) mass is 647 g/mol. The lowest BCUT2D eigenvalue weighted by Gasteiger charge is -2.34. The minimum absolute atomic E-state index is 0.0517. The van der Waals surface area contributed by atoms with Crippen molar-refractivity contribution in [1.29, 1.82) is 0 Å². The van der Waals surface area contributed by atoms with Crippen LogP contribution in [0.2, 0.25) is 0 Å². The number of ether oxygens (including phenoxy) is 1. The van der Waals surface area contributed by atoms with Gasteiger partial charge in [-0.2, -0.15) is 9.97 Å². The summed E-state index contributed by atoms with van der Waals surface area (Å²) in [7, 11) is 0. The Bertz CT molecular complexity index is 1930. The molecule has 1 aliphatic carbocycles. The molecule has 0 spiro atoms. The molecule has 0 radical (unpaired) electrons. The summed E-state index contributed by atoms with van der Waals surface area (Å²) in [5.41, 5.74) is -0.00936. The molecule has 8 rings (SSSR count). The van der Waals surface area contributed by atoms with Gasteiger partial charge in [-0.05, 0) is 85.0 Å². The van der Waals surface area contributed by atoms with Gasteiger partial charge in [-0.15, -0.1) is 0 Å². The van der Waals surface area contributed by atoms with E-state index in [9.17, 15) is 23.8 Å². The van der Waals surface area contributed by atoms with Crippen LogP contribution < -0.4 is 9.64 Å². The Morgan fingerprint density at radius 1 is 1.15 bits per heavy atom. The lowest BCUT2D eigenvalue weighted by molar-refractivity contribution is -0.142. The number of fused-ring (bicyclic) bond motifs is 5. The van der Waals surface area contributed by atoms with E-state index in [1.807, 2.05) is 11.8 Å². The number of hydrogen-bond acceptors (Lipinski definition) is 8. The molecule has 5 heterocycles. The molecule has 2 aromatic carbocycles. The van der Waals surface area contributed by atoms with Crippen molar-refractivity contribution in [3.63, 3.8) is 0 Å². The highest BCUT2D eigenvalue weighted by molar-refractivity contribution is 6.01. The lowest BCUT2D eigenvalue weighted by atomic mass is 9.94. The average Bonchev–Trinajstić information content (AvgIpc) is 3.68. The molecule has 3 aliphatic heterocycles. The van der Waals surface area contributed by atoms with E-state index in [1.165, 1.54) is 24.4 Å². The number of alkyl halides is 1. The van der Waals surface area contributed by atoms with E-state index in [1.54, 1.807) is 6.07 Å². The molecule has 9 nitrogen and oxygen atoms in total. The van der Waals surface area contributed by atoms with E-state index in [-0.39, 0.29) is 47.0 Å². The highest BCUT2D eigenvalue weighted by Gasteiger charge is 2.49. The second-order valence-corrected chi connectivity index (χ2v) is 13.8. The van der Waals surface area contributed by atoms with Crippen LogP contribution in [0, 0.1) is 29.4 Å². The number of piperidine rings is 1. The summed E-state index contributed by atoms with van der Waals surface area (Å²) in [5.74, 6) is -2.12. The second kappa shape index (κ2) is 11.2. The number of aromatic nitrogens is 3. The number of carbonyl (C=O) groups is 1. The first kappa shape index (κ1) is 30.2. The van der Waals surface area contributed by atoms with E-state index in [0.717, 1.165) is 25.8 Å². The van der Waals surface area contributed by atoms with Gasteiger partial charge in [0.25, 0.3) is 0 Å². The summed E-state index contributed by atoms with van der Waals surface area (Å²) < 4.78 is 52.6. The maximum atomic E-state index is 16.9. The smallest absolute Gasteiger partial charge is 0.319 e. The number of halogens is 3. The van der Waals surface area contributed by atoms with Gasteiger partial charge in [0.2, 0.25) is 0 Å². The average molecular weight is 648 g/mol. The van der Waals surface area contributed by atoms with E-state index < -0.39 is 35.2 Å².